The Labute approximate surface area is 254 Å². The second-order valence-electron chi connectivity index (χ2n) is 9.44. The van der Waals surface area contributed by atoms with E-state index in [9.17, 15) is 14.4 Å². The molecule has 0 aromatic heterocycles. The number of ether oxygens (including phenoxy) is 3. The molecule has 0 N–H and O–H groups in total. The Morgan fingerprint density at radius 2 is 1.43 bits per heavy atom. The molecule has 0 bridgehead atoms. The molecule has 4 aromatic carbocycles. The van der Waals surface area contributed by atoms with E-state index in [0.29, 0.717) is 48.9 Å². The molecule has 0 amide bonds. The van der Waals surface area contributed by atoms with E-state index in [1.165, 1.54) is 23.5 Å². The summed E-state index contributed by atoms with van der Waals surface area (Å²) in [6.45, 7) is 9.99. The zero-order valence-corrected chi connectivity index (χ0v) is 25.1. The summed E-state index contributed by atoms with van der Waals surface area (Å²) in [4.78, 5) is 36.5. The summed E-state index contributed by atoms with van der Waals surface area (Å²) in [5, 5.41) is 4.24. The van der Waals surface area contributed by atoms with E-state index in [2.05, 4.69) is 13.2 Å². The largest absolute Gasteiger partial charge is 0.494 e. The number of carbonyl (C=O) groups excluding carboxylic acids is 3. The van der Waals surface area contributed by atoms with Gasteiger partial charge in [0.1, 0.15) is 11.5 Å². The Bertz CT molecular complexity index is 1610. The third-order valence-corrected chi connectivity index (χ3v) is 8.12. The van der Waals surface area contributed by atoms with E-state index >= 15 is 0 Å². The van der Waals surface area contributed by atoms with Crippen molar-refractivity contribution in [3.63, 3.8) is 0 Å². The van der Waals surface area contributed by atoms with Crippen molar-refractivity contribution in [2.75, 3.05) is 25.6 Å². The van der Waals surface area contributed by atoms with E-state index in [-0.39, 0.29) is 10.2 Å². The molecule has 216 valence electrons. The van der Waals surface area contributed by atoms with Crippen molar-refractivity contribution in [3.05, 3.63) is 103 Å². The Morgan fingerprint density at radius 3 is 2.14 bits per heavy atom. The highest BCUT2D eigenvalue weighted by Gasteiger charge is 2.11. The van der Waals surface area contributed by atoms with Crippen molar-refractivity contribution in [3.8, 4) is 11.5 Å². The van der Waals surface area contributed by atoms with Crippen molar-refractivity contribution >= 4 is 61.3 Å². The first-order valence-corrected chi connectivity index (χ1v) is 15.3. The van der Waals surface area contributed by atoms with Crippen LogP contribution in [-0.4, -0.2) is 41.8 Å². The van der Waals surface area contributed by atoms with Gasteiger partial charge in [-0.3, -0.25) is 9.59 Å². The van der Waals surface area contributed by atoms with Crippen LogP contribution >= 0.6 is 23.5 Å². The summed E-state index contributed by atoms with van der Waals surface area (Å²) in [5.41, 5.74) is 1.14. The van der Waals surface area contributed by atoms with Gasteiger partial charge in [0.15, 0.2) is 0 Å². The number of rotatable bonds is 14. The minimum Gasteiger partial charge on any atom is -0.494 e. The SMILES string of the molecule is C=CC(=O)OCCCCOc1ccc(C(=O)Sc2ccc3c(ccc4cc(OCCSC(=O)C(=C)C)ccc43)c2)cc1. The number of unbranched alkanes of at least 4 members (excludes halogenated alkanes) is 1. The average Bonchev–Trinajstić information content (AvgIpc) is 3.00. The van der Waals surface area contributed by atoms with Gasteiger partial charge in [-0.2, -0.15) is 0 Å². The Balaban J connectivity index is 1.31. The van der Waals surface area contributed by atoms with Crippen molar-refractivity contribution in [1.82, 2.24) is 0 Å². The third-order valence-electron chi connectivity index (χ3n) is 6.23. The molecule has 0 atom stereocenters. The van der Waals surface area contributed by atoms with Crippen molar-refractivity contribution in [2.45, 2.75) is 24.7 Å². The van der Waals surface area contributed by atoms with Gasteiger partial charge in [-0.1, -0.05) is 49.2 Å². The van der Waals surface area contributed by atoms with Crippen molar-refractivity contribution in [1.29, 1.82) is 0 Å². The minimum atomic E-state index is -0.423. The van der Waals surface area contributed by atoms with Gasteiger partial charge < -0.3 is 14.2 Å². The molecule has 0 fully saturated rings. The fourth-order valence-electron chi connectivity index (χ4n) is 4.08. The Hall–Kier alpha value is -4.01. The average molecular weight is 601 g/mol. The van der Waals surface area contributed by atoms with Crippen LogP contribution in [0.3, 0.4) is 0 Å². The highest BCUT2D eigenvalue weighted by molar-refractivity contribution is 8.14. The van der Waals surface area contributed by atoms with Gasteiger partial charge >= 0.3 is 5.97 Å². The molecule has 8 heteroatoms. The number of carbonyl (C=O) groups is 3. The van der Waals surface area contributed by atoms with Crippen molar-refractivity contribution in [2.24, 2.45) is 0 Å². The van der Waals surface area contributed by atoms with Crippen LogP contribution in [0, 0.1) is 0 Å². The molecule has 0 saturated heterocycles. The number of esters is 1. The standard InChI is InChI=1S/C34H32O6S2/c1-4-32(35)40-18-6-5-17-38-27-11-9-24(10-12-27)34(37)42-29-14-16-31-26(22-29)8-7-25-21-28(13-15-30(25)31)39-19-20-41-33(36)23(2)3/h4,7-16,21-22H,1-2,5-6,17-20H2,3H3. The molecule has 0 unspecified atom stereocenters. The van der Waals surface area contributed by atoms with Gasteiger partial charge in [-0.05, 0) is 107 Å². The quantitative estimate of drug-likeness (QED) is 0.0473. The smallest absolute Gasteiger partial charge is 0.330 e. The first-order chi connectivity index (χ1) is 20.3. The van der Waals surface area contributed by atoms with Gasteiger partial charge in [-0.15, -0.1) is 0 Å². The normalized spacial score (nSPS) is 10.8. The Kier molecular flexibility index (Phi) is 11.3. The van der Waals surface area contributed by atoms with E-state index in [0.717, 1.165) is 44.7 Å². The zero-order valence-electron chi connectivity index (χ0n) is 23.4. The van der Waals surface area contributed by atoms with Gasteiger partial charge in [0, 0.05) is 22.3 Å². The van der Waals surface area contributed by atoms with E-state index in [4.69, 9.17) is 14.2 Å². The molecule has 4 aromatic rings. The maximum absolute atomic E-state index is 12.9. The van der Waals surface area contributed by atoms with Crippen LogP contribution in [0.4, 0.5) is 0 Å². The molecule has 0 radical (unpaired) electrons. The fourth-order valence-corrected chi connectivity index (χ4v) is 5.47. The molecule has 0 saturated carbocycles. The summed E-state index contributed by atoms with van der Waals surface area (Å²) in [7, 11) is 0. The maximum Gasteiger partial charge on any atom is 0.330 e. The molecule has 4 rings (SSSR count). The lowest BCUT2D eigenvalue weighted by atomic mass is 10.0. The van der Waals surface area contributed by atoms with Crippen LogP contribution in [0.15, 0.2) is 102 Å². The zero-order chi connectivity index (χ0) is 29.9. The highest BCUT2D eigenvalue weighted by Crippen LogP contribution is 2.32. The monoisotopic (exact) mass is 600 g/mol. The van der Waals surface area contributed by atoms with E-state index < -0.39 is 5.97 Å². The molecule has 0 aliphatic heterocycles. The molecule has 0 spiro atoms. The number of thioether (sulfide) groups is 2. The van der Waals surface area contributed by atoms with Gasteiger partial charge in [0.25, 0.3) is 0 Å². The van der Waals surface area contributed by atoms with E-state index in [1.54, 1.807) is 31.2 Å². The second-order valence-corrected chi connectivity index (χ2v) is 11.6. The van der Waals surface area contributed by atoms with Crippen LogP contribution in [0.5, 0.6) is 11.5 Å². The number of hydrogen-bond acceptors (Lipinski definition) is 8. The molecule has 0 aliphatic rings. The number of hydrogen-bond donors (Lipinski definition) is 0. The first kappa shape index (κ1) is 30.9. The summed E-state index contributed by atoms with van der Waals surface area (Å²) in [5.74, 6) is 1.58. The predicted octanol–water partition coefficient (Wildman–Crippen LogP) is 8.03. The number of fused-ring (bicyclic) bond motifs is 3. The van der Waals surface area contributed by atoms with E-state index in [1.807, 2.05) is 48.5 Å². The summed E-state index contributed by atoms with van der Waals surface area (Å²) < 4.78 is 16.5. The van der Waals surface area contributed by atoms with Gasteiger partial charge in [-0.25, -0.2) is 4.79 Å². The molecular formula is C34H32O6S2. The first-order valence-electron chi connectivity index (χ1n) is 13.5. The van der Waals surface area contributed by atoms with Crippen LogP contribution < -0.4 is 9.47 Å². The summed E-state index contributed by atoms with van der Waals surface area (Å²) in [6.07, 6.45) is 2.59. The van der Waals surface area contributed by atoms with Gasteiger partial charge in [0.05, 0.1) is 19.8 Å². The lowest BCUT2D eigenvalue weighted by Gasteiger charge is -2.10. The predicted molar refractivity (Wildman–Crippen MR) is 172 cm³/mol. The lowest BCUT2D eigenvalue weighted by molar-refractivity contribution is -0.137. The van der Waals surface area contributed by atoms with Crippen LogP contribution in [0.1, 0.15) is 30.1 Å². The van der Waals surface area contributed by atoms with Crippen molar-refractivity contribution < 1.29 is 28.6 Å². The molecule has 6 nitrogen and oxygen atoms in total. The molecular weight excluding hydrogens is 569 g/mol. The maximum atomic E-state index is 12.9. The third kappa shape index (κ3) is 8.74. The minimum absolute atomic E-state index is 0.0133. The Morgan fingerprint density at radius 1 is 0.786 bits per heavy atom. The van der Waals surface area contributed by atoms with Gasteiger partial charge in [0.2, 0.25) is 10.2 Å². The van der Waals surface area contributed by atoms with Crippen LogP contribution in [0.2, 0.25) is 0 Å². The highest BCUT2D eigenvalue weighted by atomic mass is 32.2. The fraction of sp³-hybridized carbons (Fsp3) is 0.206. The lowest BCUT2D eigenvalue weighted by Crippen LogP contribution is -2.04. The number of benzene rings is 4. The summed E-state index contributed by atoms with van der Waals surface area (Å²) >= 11 is 2.40. The summed E-state index contributed by atoms with van der Waals surface area (Å²) in [6, 6.07) is 23.2. The van der Waals surface area contributed by atoms with Crippen LogP contribution in [-0.2, 0) is 14.3 Å². The topological polar surface area (TPSA) is 78.9 Å². The molecule has 42 heavy (non-hydrogen) atoms. The second kappa shape index (κ2) is 15.3. The van der Waals surface area contributed by atoms with Crippen LogP contribution in [0.25, 0.3) is 21.5 Å². The molecule has 0 aliphatic carbocycles. The molecule has 0 heterocycles.